The Bertz CT molecular complexity index is 1110. The van der Waals surface area contributed by atoms with Gasteiger partial charge in [0.05, 0.1) is 11.5 Å². The van der Waals surface area contributed by atoms with Crippen molar-refractivity contribution in [1.82, 2.24) is 29.0 Å². The van der Waals surface area contributed by atoms with Crippen LogP contribution in [-0.4, -0.2) is 53.7 Å². The summed E-state index contributed by atoms with van der Waals surface area (Å²) in [4.78, 5) is 12.2. The number of hydrogen-bond donors (Lipinski definition) is 3. The first kappa shape index (κ1) is 20.8. The molecule has 162 valence electrons. The van der Waals surface area contributed by atoms with Gasteiger partial charge in [0.1, 0.15) is 5.82 Å². The lowest BCUT2D eigenvalue weighted by molar-refractivity contribution is 0.135. The van der Waals surface area contributed by atoms with Gasteiger partial charge >= 0.3 is 0 Å². The number of aryl methyl sites for hydroxylation is 1. The van der Waals surface area contributed by atoms with Gasteiger partial charge in [-0.3, -0.25) is 14.0 Å². The van der Waals surface area contributed by atoms with Crippen molar-refractivity contribution in [2.45, 2.75) is 57.2 Å². The Morgan fingerprint density at radius 3 is 2.81 bits per heavy atom. The van der Waals surface area contributed by atoms with Gasteiger partial charge in [-0.1, -0.05) is 0 Å². The molecule has 2 saturated heterocycles. The van der Waals surface area contributed by atoms with Crippen molar-refractivity contribution in [3.05, 3.63) is 24.0 Å². The standard InChI is InChI=1S/C20H24IN9S/c1-12-9-17(28-27-12)24-18-16-5-8-30(31-21)19(16)26-20(25-18)23-13-10-14-3-4-15(11-13)29(14)7-2-6-22/h5,8-9,13-15H,2-4,7,10-11H2,1H3,(H3,23,24,25,26,27,28)/t13?,14-,15+. The largest absolute Gasteiger partial charge is 0.351 e. The second kappa shape index (κ2) is 8.84. The van der Waals surface area contributed by atoms with E-state index in [4.69, 9.17) is 15.2 Å². The monoisotopic (exact) mass is 549 g/mol. The van der Waals surface area contributed by atoms with Crippen molar-refractivity contribution in [3.63, 3.8) is 0 Å². The van der Waals surface area contributed by atoms with E-state index in [0.717, 1.165) is 47.7 Å². The predicted octanol–water partition coefficient (Wildman–Crippen LogP) is 4.37. The molecule has 5 rings (SSSR count). The highest BCUT2D eigenvalue weighted by molar-refractivity contribution is 14.2. The average molecular weight is 549 g/mol. The molecule has 0 spiro atoms. The van der Waals surface area contributed by atoms with Crippen molar-refractivity contribution in [3.8, 4) is 6.07 Å². The fraction of sp³-hybridized carbons (Fsp3) is 0.500. The molecule has 0 aromatic carbocycles. The third-order valence-electron chi connectivity index (χ3n) is 6.24. The van der Waals surface area contributed by atoms with E-state index in [-0.39, 0.29) is 0 Å². The van der Waals surface area contributed by atoms with Crippen LogP contribution in [-0.2, 0) is 0 Å². The summed E-state index contributed by atoms with van der Waals surface area (Å²) in [7, 11) is 1.58. The van der Waals surface area contributed by atoms with Crippen LogP contribution in [0.25, 0.3) is 11.0 Å². The quantitative estimate of drug-likeness (QED) is 0.373. The van der Waals surface area contributed by atoms with Crippen molar-refractivity contribution >= 4 is 58.9 Å². The van der Waals surface area contributed by atoms with Crippen LogP contribution >= 0.6 is 30.3 Å². The number of halogens is 1. The molecule has 0 radical (unpaired) electrons. The van der Waals surface area contributed by atoms with Crippen molar-refractivity contribution in [2.75, 3.05) is 17.2 Å². The van der Waals surface area contributed by atoms with Crippen LogP contribution in [0.1, 0.15) is 37.8 Å². The molecule has 0 amide bonds. The molecule has 9 nitrogen and oxygen atoms in total. The van der Waals surface area contributed by atoms with Gasteiger partial charge in [0.15, 0.2) is 11.5 Å². The Morgan fingerprint density at radius 2 is 2.13 bits per heavy atom. The molecule has 2 aliphatic heterocycles. The van der Waals surface area contributed by atoms with Crippen LogP contribution in [0.15, 0.2) is 18.3 Å². The minimum atomic E-state index is 0.337. The molecule has 3 N–H and O–H groups in total. The third kappa shape index (κ3) is 4.20. The number of nitrogens with one attached hydrogen (secondary N) is 3. The topological polar surface area (TPSA) is 110 Å². The number of piperidine rings is 1. The molecule has 31 heavy (non-hydrogen) atoms. The Hall–Kier alpha value is -2.04. The SMILES string of the molecule is Cc1cc(Nc2nc(NC3C[C@H]4CC[C@@H](C3)N4CCC#N)nc3c2ccn3SI)n[nH]1. The molecule has 0 saturated carbocycles. The number of fused-ring (bicyclic) bond motifs is 3. The van der Waals surface area contributed by atoms with E-state index >= 15 is 0 Å². The van der Waals surface area contributed by atoms with Crippen LogP contribution in [0.3, 0.4) is 0 Å². The Morgan fingerprint density at radius 1 is 1.32 bits per heavy atom. The Balaban J connectivity index is 1.39. The van der Waals surface area contributed by atoms with Crippen molar-refractivity contribution in [1.29, 1.82) is 5.26 Å². The molecular formula is C20H24IN9S. The minimum absolute atomic E-state index is 0.337. The van der Waals surface area contributed by atoms with Crippen molar-refractivity contribution < 1.29 is 0 Å². The zero-order valence-corrected chi connectivity index (χ0v) is 20.2. The summed E-state index contributed by atoms with van der Waals surface area (Å²) in [6.45, 7) is 2.86. The van der Waals surface area contributed by atoms with Gasteiger partial charge < -0.3 is 10.6 Å². The van der Waals surface area contributed by atoms with E-state index < -0.39 is 0 Å². The number of anilines is 3. The molecule has 5 heterocycles. The third-order valence-corrected chi connectivity index (χ3v) is 7.95. The molecule has 0 aliphatic carbocycles. The zero-order chi connectivity index (χ0) is 21.4. The van der Waals surface area contributed by atoms with Gasteiger partial charge in [0.25, 0.3) is 0 Å². The summed E-state index contributed by atoms with van der Waals surface area (Å²) in [6.07, 6.45) is 7.17. The Labute approximate surface area is 197 Å². The van der Waals surface area contributed by atoms with Gasteiger partial charge in [-0.2, -0.15) is 20.3 Å². The summed E-state index contributed by atoms with van der Waals surface area (Å²) in [5, 5.41) is 24.1. The summed E-state index contributed by atoms with van der Waals surface area (Å²) in [5.74, 6) is 2.13. The minimum Gasteiger partial charge on any atom is -0.351 e. The zero-order valence-electron chi connectivity index (χ0n) is 17.2. The van der Waals surface area contributed by atoms with E-state index in [1.54, 1.807) is 9.12 Å². The summed E-state index contributed by atoms with van der Waals surface area (Å²) < 4.78 is 2.04. The highest BCUT2D eigenvalue weighted by Gasteiger charge is 2.40. The molecule has 11 heteroatoms. The summed E-state index contributed by atoms with van der Waals surface area (Å²) in [5.41, 5.74) is 1.87. The van der Waals surface area contributed by atoms with Crippen LogP contribution in [0, 0.1) is 18.3 Å². The smallest absolute Gasteiger partial charge is 0.226 e. The van der Waals surface area contributed by atoms with E-state index in [2.05, 4.69) is 53.0 Å². The first-order valence-corrected chi connectivity index (χ1v) is 13.8. The van der Waals surface area contributed by atoms with E-state index in [0.29, 0.717) is 30.5 Å². The maximum atomic E-state index is 8.96. The van der Waals surface area contributed by atoms with E-state index in [9.17, 15) is 0 Å². The summed E-state index contributed by atoms with van der Waals surface area (Å²) in [6, 6.07) is 7.71. The molecule has 2 bridgehead atoms. The maximum Gasteiger partial charge on any atom is 0.226 e. The highest BCUT2D eigenvalue weighted by Crippen LogP contribution is 2.37. The number of rotatable bonds is 7. The second-order valence-corrected chi connectivity index (χ2v) is 9.96. The number of aromatic nitrogens is 5. The lowest BCUT2D eigenvalue weighted by Crippen LogP contribution is -2.47. The first-order valence-electron chi connectivity index (χ1n) is 10.5. The second-order valence-electron chi connectivity index (χ2n) is 8.25. The van der Waals surface area contributed by atoms with Crippen LogP contribution in [0.5, 0.6) is 0 Å². The van der Waals surface area contributed by atoms with Gasteiger partial charge in [-0.25, -0.2) is 0 Å². The number of nitriles is 1. The number of H-pyrrole nitrogens is 1. The van der Waals surface area contributed by atoms with Gasteiger partial charge in [-0.05, 0) is 38.7 Å². The van der Waals surface area contributed by atoms with E-state index in [1.165, 1.54) is 12.8 Å². The fourth-order valence-electron chi connectivity index (χ4n) is 4.93. The van der Waals surface area contributed by atoms with E-state index in [1.807, 2.05) is 29.2 Å². The summed E-state index contributed by atoms with van der Waals surface area (Å²) >= 11 is 2.26. The molecule has 3 aromatic rings. The van der Waals surface area contributed by atoms with Gasteiger partial charge in [0, 0.05) is 79.4 Å². The molecule has 1 unspecified atom stereocenters. The highest BCUT2D eigenvalue weighted by atomic mass is 127. The molecule has 3 aromatic heterocycles. The average Bonchev–Trinajstić information content (AvgIpc) is 3.42. The first-order chi connectivity index (χ1) is 15.1. The molecule has 2 aliphatic rings. The van der Waals surface area contributed by atoms with Crippen LogP contribution in [0.2, 0.25) is 0 Å². The predicted molar refractivity (Wildman–Crippen MR) is 132 cm³/mol. The molecular weight excluding hydrogens is 525 g/mol. The number of nitrogens with zero attached hydrogens (tertiary/aromatic N) is 6. The Kier molecular flexibility index (Phi) is 5.94. The number of aromatic amines is 1. The lowest BCUT2D eigenvalue weighted by Gasteiger charge is -2.38. The van der Waals surface area contributed by atoms with Gasteiger partial charge in [-0.15, -0.1) is 0 Å². The van der Waals surface area contributed by atoms with Crippen LogP contribution < -0.4 is 10.6 Å². The lowest BCUT2D eigenvalue weighted by atomic mass is 9.97. The van der Waals surface area contributed by atoms with Crippen LogP contribution in [0.4, 0.5) is 17.6 Å². The maximum absolute atomic E-state index is 8.96. The molecule has 3 atom stereocenters. The normalized spacial score (nSPS) is 23.2. The fourth-order valence-corrected chi connectivity index (χ4v) is 6.19. The van der Waals surface area contributed by atoms with Gasteiger partial charge in [0.2, 0.25) is 5.95 Å². The number of hydrogen-bond acceptors (Lipinski definition) is 8. The molecule has 2 fully saturated rings. The van der Waals surface area contributed by atoms with Crippen molar-refractivity contribution in [2.24, 2.45) is 0 Å².